The first kappa shape index (κ1) is 23.8. The number of carbonyl (C=O) groups is 1. The molecule has 0 aromatic heterocycles. The van der Waals surface area contributed by atoms with Gasteiger partial charge in [-0.2, -0.15) is 0 Å². The summed E-state index contributed by atoms with van der Waals surface area (Å²) in [5, 5.41) is 7.04. The van der Waals surface area contributed by atoms with Crippen LogP contribution in [0.25, 0.3) is 0 Å². The van der Waals surface area contributed by atoms with Crippen LogP contribution in [-0.4, -0.2) is 78.8 Å². The van der Waals surface area contributed by atoms with Crippen LogP contribution in [0.2, 0.25) is 0 Å². The van der Waals surface area contributed by atoms with Crippen molar-refractivity contribution in [1.82, 2.24) is 20.4 Å². The van der Waals surface area contributed by atoms with Gasteiger partial charge in [0.25, 0.3) is 0 Å². The molecule has 0 bridgehead atoms. The third-order valence-corrected chi connectivity index (χ3v) is 5.72. The average molecular weight is 410 g/mol. The maximum Gasteiger partial charge on any atom is 0.410 e. The highest BCUT2D eigenvalue weighted by atomic mass is 16.6. The zero-order chi connectivity index (χ0) is 21.6. The van der Waals surface area contributed by atoms with Crippen LogP contribution < -0.4 is 10.6 Å². The van der Waals surface area contributed by atoms with Crippen molar-refractivity contribution in [3.63, 3.8) is 0 Å². The van der Waals surface area contributed by atoms with E-state index >= 15 is 0 Å². The number of likely N-dealkylation sites (tertiary alicyclic amines) is 2. The summed E-state index contributed by atoms with van der Waals surface area (Å²) in [6.07, 6.45) is 1.90. The second-order valence-electron chi connectivity index (χ2n) is 9.93. The van der Waals surface area contributed by atoms with Gasteiger partial charge in [0.1, 0.15) is 5.60 Å². The SMILES string of the molecule is CCNC(=NCC1CCCN(C(=O)OC(C)(C)C)C1)NC1CN(C(C)C)CC1C. The molecule has 2 aliphatic heterocycles. The zero-order valence-corrected chi connectivity index (χ0v) is 19.6. The van der Waals surface area contributed by atoms with Gasteiger partial charge >= 0.3 is 6.09 Å². The van der Waals surface area contributed by atoms with Gasteiger partial charge in [-0.15, -0.1) is 0 Å². The van der Waals surface area contributed by atoms with E-state index < -0.39 is 5.60 Å². The Morgan fingerprint density at radius 1 is 1.24 bits per heavy atom. The summed E-state index contributed by atoms with van der Waals surface area (Å²) >= 11 is 0. The second kappa shape index (κ2) is 10.5. The zero-order valence-electron chi connectivity index (χ0n) is 19.6. The Kier molecular flexibility index (Phi) is 8.61. The molecular weight excluding hydrogens is 366 g/mol. The Bertz CT molecular complexity index is 558. The molecule has 3 atom stereocenters. The molecule has 29 heavy (non-hydrogen) atoms. The van der Waals surface area contributed by atoms with Gasteiger partial charge in [-0.1, -0.05) is 6.92 Å². The fraction of sp³-hybridized carbons (Fsp3) is 0.909. The Balaban J connectivity index is 1.91. The monoisotopic (exact) mass is 409 g/mol. The predicted octanol–water partition coefficient (Wildman–Crippen LogP) is 2.92. The lowest BCUT2D eigenvalue weighted by atomic mass is 9.98. The van der Waals surface area contributed by atoms with E-state index in [0.717, 1.165) is 58.1 Å². The van der Waals surface area contributed by atoms with Crippen LogP contribution in [0.5, 0.6) is 0 Å². The van der Waals surface area contributed by atoms with Crippen LogP contribution in [0.3, 0.4) is 0 Å². The molecule has 1 amide bonds. The number of amides is 1. The number of hydrogen-bond donors (Lipinski definition) is 2. The molecule has 2 rings (SSSR count). The lowest BCUT2D eigenvalue weighted by Gasteiger charge is -2.33. The highest BCUT2D eigenvalue weighted by molar-refractivity contribution is 5.80. The fourth-order valence-corrected chi connectivity index (χ4v) is 4.04. The highest BCUT2D eigenvalue weighted by Crippen LogP contribution is 2.20. The Labute approximate surface area is 177 Å². The van der Waals surface area contributed by atoms with E-state index in [-0.39, 0.29) is 6.09 Å². The number of guanidine groups is 1. The van der Waals surface area contributed by atoms with E-state index in [0.29, 0.717) is 23.9 Å². The van der Waals surface area contributed by atoms with Crippen LogP contribution in [0.1, 0.15) is 61.3 Å². The summed E-state index contributed by atoms with van der Waals surface area (Å²) in [5.74, 6) is 1.86. The molecule has 0 aromatic carbocycles. The van der Waals surface area contributed by atoms with Crippen molar-refractivity contribution in [2.24, 2.45) is 16.8 Å². The number of nitrogens with zero attached hydrogens (tertiary/aromatic N) is 3. The highest BCUT2D eigenvalue weighted by Gasteiger charge is 2.32. The normalized spacial score (nSPS) is 26.7. The minimum Gasteiger partial charge on any atom is -0.444 e. The summed E-state index contributed by atoms with van der Waals surface area (Å²) in [6, 6.07) is 0.990. The number of aliphatic imine (C=N–C) groups is 1. The summed E-state index contributed by atoms with van der Waals surface area (Å²) < 4.78 is 5.54. The summed E-state index contributed by atoms with van der Waals surface area (Å²) in [6.45, 7) is 19.9. The maximum absolute atomic E-state index is 12.4. The molecule has 0 aliphatic carbocycles. The summed E-state index contributed by atoms with van der Waals surface area (Å²) in [4.78, 5) is 21.6. The molecule has 168 valence electrons. The third kappa shape index (κ3) is 7.68. The van der Waals surface area contributed by atoms with Gasteiger partial charge in [-0.3, -0.25) is 9.89 Å². The largest absolute Gasteiger partial charge is 0.444 e. The number of nitrogens with one attached hydrogen (secondary N) is 2. The average Bonchev–Trinajstić information content (AvgIpc) is 3.00. The molecular formula is C22H43N5O2. The fourth-order valence-electron chi connectivity index (χ4n) is 4.04. The van der Waals surface area contributed by atoms with Gasteiger partial charge in [0.15, 0.2) is 5.96 Å². The number of rotatable bonds is 5. The molecule has 2 heterocycles. The molecule has 0 saturated carbocycles. The van der Waals surface area contributed by atoms with Crippen LogP contribution >= 0.6 is 0 Å². The molecule has 2 aliphatic rings. The topological polar surface area (TPSA) is 69.2 Å². The van der Waals surface area contributed by atoms with Crippen molar-refractivity contribution < 1.29 is 9.53 Å². The van der Waals surface area contributed by atoms with Gasteiger partial charge in [0.2, 0.25) is 0 Å². The molecule has 3 unspecified atom stereocenters. The molecule has 7 heteroatoms. The van der Waals surface area contributed by atoms with Crippen LogP contribution in [0.15, 0.2) is 4.99 Å². The lowest BCUT2D eigenvalue weighted by Crippen LogP contribution is -2.47. The van der Waals surface area contributed by atoms with Crippen molar-refractivity contribution in [1.29, 1.82) is 0 Å². The number of hydrogen-bond acceptors (Lipinski definition) is 4. The van der Waals surface area contributed by atoms with Gasteiger partial charge in [-0.05, 0) is 66.2 Å². The molecule has 7 nitrogen and oxygen atoms in total. The third-order valence-electron chi connectivity index (χ3n) is 5.72. The van der Waals surface area contributed by atoms with Crippen molar-refractivity contribution in [3.8, 4) is 0 Å². The standard InChI is InChI=1S/C22H43N5O2/c1-8-23-20(25-19-15-27(16(2)3)13-17(19)4)24-12-18-10-9-11-26(14-18)21(28)29-22(5,6)7/h16-19H,8-15H2,1-7H3,(H2,23,24,25). The van der Waals surface area contributed by atoms with Crippen molar-refractivity contribution in [3.05, 3.63) is 0 Å². The predicted molar refractivity (Wildman–Crippen MR) is 119 cm³/mol. The van der Waals surface area contributed by atoms with E-state index in [1.54, 1.807) is 0 Å². The van der Waals surface area contributed by atoms with E-state index in [2.05, 4.69) is 43.2 Å². The molecule has 0 aromatic rings. The van der Waals surface area contributed by atoms with E-state index in [1.165, 1.54) is 0 Å². The second-order valence-corrected chi connectivity index (χ2v) is 9.93. The lowest BCUT2D eigenvalue weighted by molar-refractivity contribution is 0.0170. The number of piperidine rings is 1. The van der Waals surface area contributed by atoms with Gasteiger partial charge in [0, 0.05) is 51.4 Å². The molecule has 2 N–H and O–H groups in total. The number of carbonyl (C=O) groups excluding carboxylic acids is 1. The van der Waals surface area contributed by atoms with Crippen LogP contribution in [0.4, 0.5) is 4.79 Å². The molecule has 2 fully saturated rings. The first-order valence-electron chi connectivity index (χ1n) is 11.4. The minimum atomic E-state index is -0.452. The molecule has 2 saturated heterocycles. The Morgan fingerprint density at radius 3 is 2.55 bits per heavy atom. The van der Waals surface area contributed by atoms with Gasteiger partial charge < -0.3 is 20.3 Å². The smallest absolute Gasteiger partial charge is 0.410 e. The van der Waals surface area contributed by atoms with Gasteiger partial charge in [-0.25, -0.2) is 4.79 Å². The Morgan fingerprint density at radius 2 is 1.97 bits per heavy atom. The maximum atomic E-state index is 12.4. The van der Waals surface area contributed by atoms with Crippen LogP contribution in [-0.2, 0) is 4.74 Å². The van der Waals surface area contributed by atoms with Crippen LogP contribution in [0, 0.1) is 11.8 Å². The van der Waals surface area contributed by atoms with Gasteiger partial charge in [0.05, 0.1) is 0 Å². The first-order chi connectivity index (χ1) is 13.6. The number of ether oxygens (including phenoxy) is 1. The molecule has 0 spiro atoms. The summed E-state index contributed by atoms with van der Waals surface area (Å²) in [7, 11) is 0. The first-order valence-corrected chi connectivity index (χ1v) is 11.4. The van der Waals surface area contributed by atoms with E-state index in [9.17, 15) is 4.79 Å². The Hall–Kier alpha value is -1.50. The van der Waals surface area contributed by atoms with Crippen molar-refractivity contribution >= 4 is 12.1 Å². The van der Waals surface area contributed by atoms with Crippen molar-refractivity contribution in [2.75, 3.05) is 39.3 Å². The summed E-state index contributed by atoms with van der Waals surface area (Å²) in [5.41, 5.74) is -0.452. The quantitative estimate of drug-likeness (QED) is 0.540. The van der Waals surface area contributed by atoms with E-state index in [4.69, 9.17) is 9.73 Å². The van der Waals surface area contributed by atoms with Crippen molar-refractivity contribution in [2.45, 2.75) is 79.0 Å². The molecule has 0 radical (unpaired) electrons. The minimum absolute atomic E-state index is 0.204. The van der Waals surface area contributed by atoms with E-state index in [1.807, 2.05) is 25.7 Å².